The molecule has 2 rings (SSSR count). The van der Waals surface area contributed by atoms with Crippen LogP contribution in [0.4, 0.5) is 0 Å². The predicted molar refractivity (Wildman–Crippen MR) is 100 cm³/mol. The van der Waals surface area contributed by atoms with Gasteiger partial charge in [-0.25, -0.2) is 16.8 Å². The fourth-order valence-electron chi connectivity index (χ4n) is 1.74. The Morgan fingerprint density at radius 1 is 0.625 bits per heavy atom. The van der Waals surface area contributed by atoms with Gasteiger partial charge in [-0.15, -0.1) is 0 Å². The van der Waals surface area contributed by atoms with Crippen LogP contribution in [0.2, 0.25) is 0 Å². The van der Waals surface area contributed by atoms with Crippen LogP contribution in [0.1, 0.15) is 0 Å². The Morgan fingerprint density at radius 3 is 1.21 bits per heavy atom. The van der Waals surface area contributed by atoms with Crippen LogP contribution in [0, 0.1) is 11.8 Å². The molecule has 0 unspecified atom stereocenters. The summed E-state index contributed by atoms with van der Waals surface area (Å²) < 4.78 is 50.0. The van der Waals surface area contributed by atoms with Crippen molar-refractivity contribution in [1.82, 2.24) is 0 Å². The summed E-state index contributed by atoms with van der Waals surface area (Å²) in [5.74, 6) is 4.02. The van der Waals surface area contributed by atoms with Gasteiger partial charge in [-0.2, -0.15) is 0 Å². The Kier molecular flexibility index (Phi) is 6.26. The molecule has 0 fully saturated rings. The van der Waals surface area contributed by atoms with Crippen molar-refractivity contribution in [3.8, 4) is 11.8 Å². The van der Waals surface area contributed by atoms with Crippen molar-refractivity contribution in [2.75, 3.05) is 11.5 Å². The standard InChI is InChI=1S/C16H12Br2O4S2/c17-13-3-7-15(8-4-13)23(19,20)11-1-2-12-24(21,22)16-9-5-14(18)6-10-16/h3-10H,11-12H2. The molecule has 0 saturated heterocycles. The first-order valence-electron chi connectivity index (χ1n) is 6.63. The van der Waals surface area contributed by atoms with Gasteiger partial charge in [-0.05, 0) is 48.5 Å². The fraction of sp³-hybridized carbons (Fsp3) is 0.125. The first kappa shape index (κ1) is 19.2. The van der Waals surface area contributed by atoms with Crippen LogP contribution >= 0.6 is 31.9 Å². The molecular formula is C16H12Br2O4S2. The second-order valence-electron chi connectivity index (χ2n) is 4.78. The molecule has 0 saturated carbocycles. The molecule has 0 aliphatic carbocycles. The van der Waals surface area contributed by atoms with Crippen LogP contribution in [-0.4, -0.2) is 28.3 Å². The second-order valence-corrected chi connectivity index (χ2v) is 10.6. The zero-order chi connectivity index (χ0) is 17.8. The maximum absolute atomic E-state index is 12.1. The lowest BCUT2D eigenvalue weighted by Gasteiger charge is -2.01. The van der Waals surface area contributed by atoms with Gasteiger partial charge in [0.2, 0.25) is 0 Å². The summed E-state index contributed by atoms with van der Waals surface area (Å²) in [6, 6.07) is 12.4. The van der Waals surface area contributed by atoms with Crippen molar-refractivity contribution in [3.63, 3.8) is 0 Å². The summed E-state index contributed by atoms with van der Waals surface area (Å²) in [5, 5.41) is 0. The molecule has 0 aliphatic heterocycles. The van der Waals surface area contributed by atoms with E-state index in [1.54, 1.807) is 24.3 Å². The van der Waals surface area contributed by atoms with Crippen LogP contribution in [0.5, 0.6) is 0 Å². The lowest BCUT2D eigenvalue weighted by Crippen LogP contribution is -2.07. The van der Waals surface area contributed by atoms with E-state index in [1.807, 2.05) is 0 Å². The van der Waals surface area contributed by atoms with E-state index in [1.165, 1.54) is 24.3 Å². The molecule has 0 amide bonds. The molecule has 0 aromatic heterocycles. The maximum Gasteiger partial charge on any atom is 0.189 e. The number of halogens is 2. The molecule has 24 heavy (non-hydrogen) atoms. The van der Waals surface area contributed by atoms with Crippen LogP contribution in [0.25, 0.3) is 0 Å². The maximum atomic E-state index is 12.1. The number of hydrogen-bond acceptors (Lipinski definition) is 4. The molecule has 0 spiro atoms. The minimum Gasteiger partial charge on any atom is -0.223 e. The molecule has 4 nitrogen and oxygen atoms in total. The third-order valence-corrected chi connectivity index (χ3v) is 7.08. The first-order chi connectivity index (χ1) is 11.2. The van der Waals surface area contributed by atoms with E-state index >= 15 is 0 Å². The highest BCUT2D eigenvalue weighted by Gasteiger charge is 2.14. The van der Waals surface area contributed by atoms with Gasteiger partial charge in [0.25, 0.3) is 0 Å². The largest absolute Gasteiger partial charge is 0.223 e. The van der Waals surface area contributed by atoms with Crippen molar-refractivity contribution in [2.24, 2.45) is 0 Å². The monoisotopic (exact) mass is 490 g/mol. The Morgan fingerprint density at radius 2 is 0.917 bits per heavy atom. The molecule has 0 heterocycles. The van der Waals surface area contributed by atoms with Crippen molar-refractivity contribution < 1.29 is 16.8 Å². The van der Waals surface area contributed by atoms with E-state index in [9.17, 15) is 16.8 Å². The molecule has 126 valence electrons. The van der Waals surface area contributed by atoms with E-state index in [2.05, 4.69) is 43.7 Å². The normalized spacial score (nSPS) is 11.6. The zero-order valence-corrected chi connectivity index (χ0v) is 17.0. The number of benzene rings is 2. The molecule has 0 atom stereocenters. The molecule has 8 heteroatoms. The van der Waals surface area contributed by atoms with Crippen LogP contribution in [0.15, 0.2) is 67.3 Å². The third-order valence-electron chi connectivity index (χ3n) is 2.99. The highest BCUT2D eigenvalue weighted by atomic mass is 79.9. The minimum atomic E-state index is -3.56. The zero-order valence-electron chi connectivity index (χ0n) is 12.2. The Bertz CT molecular complexity index is 901. The SMILES string of the molecule is O=S(=O)(CC#CCS(=O)(=O)c1ccc(Br)cc1)c1ccc(Br)cc1. The number of sulfone groups is 2. The van der Waals surface area contributed by atoms with Crippen molar-refractivity contribution in [2.45, 2.75) is 9.79 Å². The Hall–Kier alpha value is -1.14. The lowest BCUT2D eigenvalue weighted by molar-refractivity contribution is 0.597. The summed E-state index contributed by atoms with van der Waals surface area (Å²) in [7, 11) is -7.12. The van der Waals surface area contributed by atoms with Crippen LogP contribution in [-0.2, 0) is 19.7 Å². The van der Waals surface area contributed by atoms with Crippen LogP contribution < -0.4 is 0 Å². The summed E-state index contributed by atoms with van der Waals surface area (Å²) >= 11 is 6.46. The molecule has 2 aromatic rings. The van der Waals surface area contributed by atoms with Gasteiger partial charge in [-0.3, -0.25) is 0 Å². The molecule has 0 bridgehead atoms. The Balaban J connectivity index is 2.08. The van der Waals surface area contributed by atoms with Crippen molar-refractivity contribution >= 4 is 51.5 Å². The molecule has 2 aromatic carbocycles. The smallest absolute Gasteiger partial charge is 0.189 e. The van der Waals surface area contributed by atoms with Gasteiger partial charge in [0.15, 0.2) is 19.7 Å². The topological polar surface area (TPSA) is 68.3 Å². The number of rotatable bonds is 4. The van der Waals surface area contributed by atoms with Gasteiger partial charge >= 0.3 is 0 Å². The van der Waals surface area contributed by atoms with Crippen molar-refractivity contribution in [3.05, 3.63) is 57.5 Å². The van der Waals surface area contributed by atoms with Crippen molar-refractivity contribution in [1.29, 1.82) is 0 Å². The summed E-state index contributed by atoms with van der Waals surface area (Å²) in [6.45, 7) is 0. The highest BCUT2D eigenvalue weighted by Crippen LogP contribution is 2.16. The van der Waals surface area contributed by atoms with Gasteiger partial charge in [-0.1, -0.05) is 43.7 Å². The fourth-order valence-corrected chi connectivity index (χ4v) is 4.29. The summed E-state index contributed by atoms with van der Waals surface area (Å²) in [5.41, 5.74) is 0. The minimum absolute atomic E-state index is 0.149. The molecule has 0 aliphatic rings. The van der Waals surface area contributed by atoms with Gasteiger partial charge in [0.05, 0.1) is 9.79 Å². The predicted octanol–water partition coefficient (Wildman–Crippen LogP) is 3.46. The Labute approximate surface area is 158 Å². The van der Waals surface area contributed by atoms with Gasteiger partial charge in [0, 0.05) is 8.95 Å². The van der Waals surface area contributed by atoms with E-state index in [4.69, 9.17) is 0 Å². The quantitative estimate of drug-likeness (QED) is 0.614. The van der Waals surface area contributed by atoms with E-state index in [0.29, 0.717) is 0 Å². The lowest BCUT2D eigenvalue weighted by atomic mass is 10.4. The van der Waals surface area contributed by atoms with E-state index in [0.717, 1.165) is 8.95 Å². The summed E-state index contributed by atoms with van der Waals surface area (Å²) in [4.78, 5) is 0.298. The second kappa shape index (κ2) is 7.83. The third kappa shape index (κ3) is 5.18. The first-order valence-corrected chi connectivity index (χ1v) is 11.5. The highest BCUT2D eigenvalue weighted by molar-refractivity contribution is 9.10. The van der Waals surface area contributed by atoms with Gasteiger partial charge < -0.3 is 0 Å². The molecular weight excluding hydrogens is 480 g/mol. The average molecular weight is 492 g/mol. The molecule has 0 radical (unpaired) electrons. The number of hydrogen-bond donors (Lipinski definition) is 0. The average Bonchev–Trinajstić information content (AvgIpc) is 2.52. The van der Waals surface area contributed by atoms with Crippen LogP contribution in [0.3, 0.4) is 0 Å². The van der Waals surface area contributed by atoms with E-state index in [-0.39, 0.29) is 9.79 Å². The summed E-state index contributed by atoms with van der Waals surface area (Å²) in [6.07, 6.45) is 0. The van der Waals surface area contributed by atoms with E-state index < -0.39 is 31.2 Å². The molecule has 0 N–H and O–H groups in total. The van der Waals surface area contributed by atoms with Gasteiger partial charge in [0.1, 0.15) is 11.5 Å².